The summed E-state index contributed by atoms with van der Waals surface area (Å²) in [5.74, 6) is 2.43. The first-order valence-electron chi connectivity index (χ1n) is 11.7. The number of carbonyl (C=O) groups is 1. The fourth-order valence-corrected chi connectivity index (χ4v) is 5.65. The quantitative estimate of drug-likeness (QED) is 0.234. The summed E-state index contributed by atoms with van der Waals surface area (Å²) in [6.07, 6.45) is 2.18. The van der Waals surface area contributed by atoms with Gasteiger partial charge < -0.3 is 20.1 Å². The Bertz CT molecular complexity index is 1310. The van der Waals surface area contributed by atoms with Crippen LogP contribution in [0.4, 0.5) is 11.6 Å². The normalized spacial score (nSPS) is 14.8. The van der Waals surface area contributed by atoms with Gasteiger partial charge in [-0.2, -0.15) is 4.98 Å². The third-order valence-electron chi connectivity index (χ3n) is 5.85. The van der Waals surface area contributed by atoms with Crippen LogP contribution in [0.3, 0.4) is 0 Å². The Balaban J connectivity index is 1.81. The number of hydrogen-bond acceptors (Lipinski definition) is 7. The molecule has 2 aromatic carbocycles. The van der Waals surface area contributed by atoms with E-state index in [4.69, 9.17) is 19.6 Å². The van der Waals surface area contributed by atoms with Gasteiger partial charge in [0.1, 0.15) is 6.04 Å². The molecule has 0 saturated heterocycles. The number of carbonyl (C=O) groups excluding carboxylic acids is 1. The number of unbranched alkanes of at least 4 members (excludes halogenated alkanes) is 1. The van der Waals surface area contributed by atoms with E-state index in [1.807, 2.05) is 50.2 Å². The molecule has 1 amide bonds. The molecule has 1 aliphatic heterocycles. The van der Waals surface area contributed by atoms with Gasteiger partial charge in [-0.15, -0.1) is 5.10 Å². The molecule has 10 heteroatoms. The van der Waals surface area contributed by atoms with E-state index in [9.17, 15) is 4.79 Å². The van der Waals surface area contributed by atoms with Crippen LogP contribution in [0.15, 0.2) is 57.3 Å². The van der Waals surface area contributed by atoms with Crippen molar-refractivity contribution in [1.82, 2.24) is 14.8 Å². The molecule has 1 unspecified atom stereocenters. The van der Waals surface area contributed by atoms with Crippen LogP contribution in [-0.4, -0.2) is 40.6 Å². The number of ether oxygens (including phenoxy) is 2. The van der Waals surface area contributed by atoms with Gasteiger partial charge in [-0.05, 0) is 71.6 Å². The summed E-state index contributed by atoms with van der Waals surface area (Å²) in [5.41, 5.74) is 3.85. The number of benzene rings is 2. The van der Waals surface area contributed by atoms with Crippen LogP contribution < -0.4 is 20.1 Å². The second-order valence-corrected chi connectivity index (χ2v) is 10.4. The average molecular weight is 573 g/mol. The van der Waals surface area contributed by atoms with Gasteiger partial charge in [-0.1, -0.05) is 37.2 Å². The molecule has 190 valence electrons. The minimum Gasteiger partial charge on any atom is -0.493 e. The van der Waals surface area contributed by atoms with Crippen LogP contribution in [0.1, 0.15) is 43.9 Å². The number of aryl methyl sites for hydroxylation is 1. The van der Waals surface area contributed by atoms with Crippen molar-refractivity contribution >= 4 is 45.2 Å². The first-order chi connectivity index (χ1) is 17.4. The van der Waals surface area contributed by atoms with Crippen molar-refractivity contribution < 1.29 is 14.3 Å². The van der Waals surface area contributed by atoms with Crippen LogP contribution in [-0.2, 0) is 4.79 Å². The first kappa shape index (κ1) is 26.1. The van der Waals surface area contributed by atoms with Crippen molar-refractivity contribution in [2.45, 2.75) is 44.8 Å². The average Bonchev–Trinajstić information content (AvgIpc) is 3.24. The maximum Gasteiger partial charge on any atom is 0.255 e. The lowest BCUT2D eigenvalue weighted by Gasteiger charge is -2.29. The Morgan fingerprint density at radius 3 is 2.72 bits per heavy atom. The van der Waals surface area contributed by atoms with Gasteiger partial charge in [0.15, 0.2) is 11.5 Å². The molecular weight excluding hydrogens is 542 g/mol. The fourth-order valence-electron chi connectivity index (χ4n) is 4.12. The number of methoxy groups -OCH3 is 2. The standard InChI is InChI=1S/C26H30BrN5O3S/c1-6-7-11-36-26-30-25-28-16(3)21(24(33)29-18-10-8-9-15(2)12-18)22(32(25)31-26)17-13-19(27)23(35-5)20(14-17)34-4/h8-10,12-14,22H,6-7,11H2,1-5H3,(H,29,33)(H,28,30,31). The number of amides is 1. The molecule has 2 N–H and O–H groups in total. The maximum atomic E-state index is 13.7. The van der Waals surface area contributed by atoms with Crippen molar-refractivity contribution in [3.63, 3.8) is 0 Å². The molecule has 1 aromatic heterocycles. The van der Waals surface area contributed by atoms with E-state index < -0.39 is 6.04 Å². The second-order valence-electron chi connectivity index (χ2n) is 8.49. The first-order valence-corrected chi connectivity index (χ1v) is 13.5. The van der Waals surface area contributed by atoms with Crippen molar-refractivity contribution in [2.75, 3.05) is 30.6 Å². The molecule has 0 radical (unpaired) electrons. The van der Waals surface area contributed by atoms with Crippen molar-refractivity contribution in [1.29, 1.82) is 0 Å². The fraction of sp³-hybridized carbons (Fsp3) is 0.346. The molecule has 1 atom stereocenters. The Morgan fingerprint density at radius 2 is 2.03 bits per heavy atom. The van der Waals surface area contributed by atoms with Crippen molar-refractivity contribution in [3.8, 4) is 11.5 Å². The van der Waals surface area contributed by atoms with E-state index in [-0.39, 0.29) is 5.91 Å². The van der Waals surface area contributed by atoms with E-state index in [0.29, 0.717) is 38.3 Å². The number of rotatable bonds is 9. The summed E-state index contributed by atoms with van der Waals surface area (Å²) in [5, 5.41) is 11.8. The summed E-state index contributed by atoms with van der Waals surface area (Å²) in [6.45, 7) is 6.03. The highest BCUT2D eigenvalue weighted by Crippen LogP contribution is 2.43. The highest BCUT2D eigenvalue weighted by atomic mass is 79.9. The Labute approximate surface area is 224 Å². The van der Waals surface area contributed by atoms with Crippen LogP contribution in [0.2, 0.25) is 0 Å². The van der Waals surface area contributed by atoms with E-state index in [1.54, 1.807) is 30.7 Å². The number of nitrogens with one attached hydrogen (secondary N) is 2. The summed E-state index contributed by atoms with van der Waals surface area (Å²) in [4.78, 5) is 18.4. The summed E-state index contributed by atoms with van der Waals surface area (Å²) in [7, 11) is 3.18. The molecule has 0 fully saturated rings. The lowest BCUT2D eigenvalue weighted by Crippen LogP contribution is -2.31. The van der Waals surface area contributed by atoms with Gasteiger partial charge in [-0.25, -0.2) is 4.68 Å². The molecule has 36 heavy (non-hydrogen) atoms. The Morgan fingerprint density at radius 1 is 1.22 bits per heavy atom. The molecule has 3 aromatic rings. The number of nitrogens with zero attached hydrogens (tertiary/aromatic N) is 3. The van der Waals surface area contributed by atoms with Crippen LogP contribution in [0.25, 0.3) is 0 Å². The zero-order valence-corrected chi connectivity index (χ0v) is 23.4. The van der Waals surface area contributed by atoms with Gasteiger partial charge in [-0.3, -0.25) is 4.79 Å². The molecule has 0 aliphatic carbocycles. The molecule has 0 bridgehead atoms. The molecule has 1 aliphatic rings. The SMILES string of the molecule is CCCCSc1nc2n(n1)C(c1cc(Br)c(OC)c(OC)c1)C(C(=O)Nc1cccc(C)c1)=C(C)N2. The highest BCUT2D eigenvalue weighted by Gasteiger charge is 2.35. The second kappa shape index (κ2) is 11.4. The number of allylic oxidation sites excluding steroid dienone is 1. The minimum absolute atomic E-state index is 0.220. The summed E-state index contributed by atoms with van der Waals surface area (Å²) in [6, 6.07) is 11.0. The molecule has 2 heterocycles. The lowest BCUT2D eigenvalue weighted by atomic mass is 9.94. The zero-order valence-electron chi connectivity index (χ0n) is 21.0. The number of anilines is 2. The smallest absolute Gasteiger partial charge is 0.255 e. The molecule has 0 spiro atoms. The van der Waals surface area contributed by atoms with Crippen LogP contribution >= 0.6 is 27.7 Å². The number of aromatic nitrogens is 3. The van der Waals surface area contributed by atoms with Gasteiger partial charge in [0.25, 0.3) is 5.91 Å². The number of fused-ring (bicyclic) bond motifs is 1. The van der Waals surface area contributed by atoms with Crippen LogP contribution in [0.5, 0.6) is 11.5 Å². The number of halogens is 1. The maximum absolute atomic E-state index is 13.7. The molecule has 4 rings (SSSR count). The van der Waals surface area contributed by atoms with Gasteiger partial charge in [0.05, 0.1) is 24.3 Å². The highest BCUT2D eigenvalue weighted by molar-refractivity contribution is 9.10. The topological polar surface area (TPSA) is 90.3 Å². The summed E-state index contributed by atoms with van der Waals surface area (Å²) >= 11 is 5.21. The van der Waals surface area contributed by atoms with Crippen molar-refractivity contribution in [3.05, 3.63) is 63.3 Å². The number of thioether (sulfide) groups is 1. The number of hydrogen-bond donors (Lipinski definition) is 2. The van der Waals surface area contributed by atoms with Gasteiger partial charge in [0, 0.05) is 17.1 Å². The molecule has 8 nitrogen and oxygen atoms in total. The molecule has 0 saturated carbocycles. The third-order valence-corrected chi connectivity index (χ3v) is 7.37. The molecular formula is C26H30BrN5O3S. The zero-order chi connectivity index (χ0) is 25.8. The minimum atomic E-state index is -0.532. The van der Waals surface area contributed by atoms with E-state index in [2.05, 4.69) is 33.5 Å². The predicted molar refractivity (Wildman–Crippen MR) is 147 cm³/mol. The lowest BCUT2D eigenvalue weighted by molar-refractivity contribution is -0.113. The van der Waals surface area contributed by atoms with E-state index >= 15 is 0 Å². The van der Waals surface area contributed by atoms with Crippen molar-refractivity contribution in [2.24, 2.45) is 0 Å². The third kappa shape index (κ3) is 5.39. The van der Waals surface area contributed by atoms with Gasteiger partial charge >= 0.3 is 0 Å². The predicted octanol–water partition coefficient (Wildman–Crippen LogP) is 6.19. The Hall–Kier alpha value is -2.98. The summed E-state index contributed by atoms with van der Waals surface area (Å²) < 4.78 is 13.6. The largest absolute Gasteiger partial charge is 0.493 e. The van der Waals surface area contributed by atoms with E-state index in [0.717, 1.165) is 35.4 Å². The monoisotopic (exact) mass is 571 g/mol. The Kier molecular flexibility index (Phi) is 8.25. The van der Waals surface area contributed by atoms with E-state index in [1.165, 1.54) is 0 Å². The van der Waals surface area contributed by atoms with Crippen LogP contribution in [0, 0.1) is 6.92 Å². The van der Waals surface area contributed by atoms with Gasteiger partial charge in [0.2, 0.25) is 11.1 Å².